The molecule has 31 heavy (non-hydrogen) atoms. The van der Waals surface area contributed by atoms with Crippen molar-refractivity contribution in [2.24, 2.45) is 0 Å². The van der Waals surface area contributed by atoms with Gasteiger partial charge in [-0.2, -0.15) is 0 Å². The van der Waals surface area contributed by atoms with Crippen LogP contribution in [0.3, 0.4) is 0 Å². The number of carbonyl (C=O) groups excluding carboxylic acids is 1. The van der Waals surface area contributed by atoms with Crippen molar-refractivity contribution in [3.63, 3.8) is 0 Å². The molecule has 1 N–H and O–H groups in total. The Kier molecular flexibility index (Phi) is 7.51. The fourth-order valence-corrected chi connectivity index (χ4v) is 4.26. The summed E-state index contributed by atoms with van der Waals surface area (Å²) in [6, 6.07) is 21.0. The standard InChI is InChI=1S/C28H34N2O/c1-6-11-23(12-7-2)30(5)24-18-17-20(3)27(19-24)28(31)29-21(4)25-16-10-14-22-13-8-9-15-26(22)25/h6,8-10,13-19,21,23H,1,7,11-12H2,2-5H3,(H,29,31)/t21-,23?/m1/s1. The van der Waals surface area contributed by atoms with E-state index in [1.807, 2.05) is 44.2 Å². The van der Waals surface area contributed by atoms with E-state index < -0.39 is 0 Å². The molecule has 0 spiro atoms. The highest BCUT2D eigenvalue weighted by atomic mass is 16.1. The third-order valence-electron chi connectivity index (χ3n) is 6.12. The Morgan fingerprint density at radius 3 is 2.61 bits per heavy atom. The van der Waals surface area contributed by atoms with Crippen LogP contribution in [0.1, 0.15) is 60.6 Å². The van der Waals surface area contributed by atoms with E-state index in [0.29, 0.717) is 6.04 Å². The molecule has 0 aliphatic heterocycles. The maximum Gasteiger partial charge on any atom is 0.252 e. The summed E-state index contributed by atoms with van der Waals surface area (Å²) in [5.41, 5.74) is 3.90. The summed E-state index contributed by atoms with van der Waals surface area (Å²) in [7, 11) is 2.11. The van der Waals surface area contributed by atoms with Crippen LogP contribution in [-0.2, 0) is 0 Å². The minimum absolute atomic E-state index is 0.0380. The van der Waals surface area contributed by atoms with Crippen LogP contribution in [0, 0.1) is 6.92 Å². The largest absolute Gasteiger partial charge is 0.371 e. The molecular weight excluding hydrogens is 380 g/mol. The van der Waals surface area contributed by atoms with Gasteiger partial charge >= 0.3 is 0 Å². The van der Waals surface area contributed by atoms with E-state index in [4.69, 9.17) is 0 Å². The Labute approximate surface area is 186 Å². The Morgan fingerprint density at radius 1 is 1.13 bits per heavy atom. The lowest BCUT2D eigenvalue weighted by Gasteiger charge is -2.30. The highest BCUT2D eigenvalue weighted by Crippen LogP contribution is 2.26. The zero-order valence-electron chi connectivity index (χ0n) is 19.2. The average Bonchev–Trinajstić information content (AvgIpc) is 2.78. The number of rotatable bonds is 9. The number of hydrogen-bond donors (Lipinski definition) is 1. The minimum atomic E-state index is -0.0898. The van der Waals surface area contributed by atoms with Gasteiger partial charge in [0.05, 0.1) is 6.04 Å². The molecule has 0 fully saturated rings. The molecule has 0 saturated carbocycles. The van der Waals surface area contributed by atoms with Gasteiger partial charge in [0, 0.05) is 24.3 Å². The molecule has 2 atom stereocenters. The van der Waals surface area contributed by atoms with Gasteiger partial charge in [0.15, 0.2) is 0 Å². The van der Waals surface area contributed by atoms with Gasteiger partial charge in [0.25, 0.3) is 5.91 Å². The molecule has 1 amide bonds. The number of benzene rings is 3. The lowest BCUT2D eigenvalue weighted by Crippen LogP contribution is -2.32. The van der Waals surface area contributed by atoms with Crippen LogP contribution >= 0.6 is 0 Å². The number of nitrogens with one attached hydrogen (secondary N) is 1. The van der Waals surface area contributed by atoms with Crippen LogP contribution in [0.15, 0.2) is 73.3 Å². The molecule has 3 aromatic carbocycles. The summed E-state index contributed by atoms with van der Waals surface area (Å²) in [5, 5.41) is 5.58. The summed E-state index contributed by atoms with van der Waals surface area (Å²) in [5.74, 6) is -0.0380. The lowest BCUT2D eigenvalue weighted by atomic mass is 9.99. The van der Waals surface area contributed by atoms with Crippen molar-refractivity contribution < 1.29 is 4.79 Å². The highest BCUT2D eigenvalue weighted by molar-refractivity contribution is 5.97. The molecule has 0 aliphatic rings. The first-order chi connectivity index (χ1) is 15.0. The van der Waals surface area contributed by atoms with Gasteiger partial charge in [-0.25, -0.2) is 0 Å². The van der Waals surface area contributed by atoms with Crippen molar-refractivity contribution in [1.29, 1.82) is 0 Å². The van der Waals surface area contributed by atoms with Crippen molar-refractivity contribution >= 4 is 22.4 Å². The van der Waals surface area contributed by atoms with Crippen LogP contribution in [-0.4, -0.2) is 19.0 Å². The van der Waals surface area contributed by atoms with Crippen molar-refractivity contribution in [1.82, 2.24) is 5.32 Å². The number of amides is 1. The average molecular weight is 415 g/mol. The smallest absolute Gasteiger partial charge is 0.252 e. The summed E-state index contributed by atoms with van der Waals surface area (Å²) < 4.78 is 0. The Morgan fingerprint density at radius 2 is 1.87 bits per heavy atom. The molecule has 3 heteroatoms. The van der Waals surface area contributed by atoms with Crippen LogP contribution in [0.4, 0.5) is 5.69 Å². The normalized spacial score (nSPS) is 12.9. The second kappa shape index (κ2) is 10.3. The molecule has 0 radical (unpaired) electrons. The van der Waals surface area contributed by atoms with Crippen molar-refractivity contribution in [2.45, 2.75) is 52.1 Å². The van der Waals surface area contributed by atoms with Crippen LogP contribution < -0.4 is 10.2 Å². The molecule has 0 saturated heterocycles. The monoisotopic (exact) mass is 414 g/mol. The van der Waals surface area contributed by atoms with E-state index in [9.17, 15) is 4.79 Å². The van der Waals surface area contributed by atoms with Gasteiger partial charge in [-0.05, 0) is 60.7 Å². The molecule has 3 aromatic rings. The van der Waals surface area contributed by atoms with Crippen LogP contribution in [0.5, 0.6) is 0 Å². The van der Waals surface area contributed by atoms with Gasteiger partial charge in [-0.1, -0.05) is 68.0 Å². The lowest BCUT2D eigenvalue weighted by molar-refractivity contribution is 0.0939. The Hall–Kier alpha value is -3.07. The quantitative estimate of drug-likeness (QED) is 0.390. The van der Waals surface area contributed by atoms with Crippen molar-refractivity contribution in [3.05, 3.63) is 90.0 Å². The molecule has 3 nitrogen and oxygen atoms in total. The Balaban J connectivity index is 1.84. The van der Waals surface area contributed by atoms with Crippen LogP contribution in [0.2, 0.25) is 0 Å². The topological polar surface area (TPSA) is 32.3 Å². The third-order valence-corrected chi connectivity index (χ3v) is 6.12. The summed E-state index contributed by atoms with van der Waals surface area (Å²) in [4.78, 5) is 15.5. The van der Waals surface area contributed by atoms with E-state index in [-0.39, 0.29) is 11.9 Å². The zero-order chi connectivity index (χ0) is 22.4. The van der Waals surface area contributed by atoms with E-state index in [0.717, 1.165) is 41.6 Å². The zero-order valence-corrected chi connectivity index (χ0v) is 19.2. The first-order valence-corrected chi connectivity index (χ1v) is 11.2. The second-order valence-corrected chi connectivity index (χ2v) is 8.34. The number of anilines is 1. The van der Waals surface area contributed by atoms with Gasteiger partial charge in [0.2, 0.25) is 0 Å². The number of nitrogens with zero attached hydrogens (tertiary/aromatic N) is 1. The predicted molar refractivity (Wildman–Crippen MR) is 133 cm³/mol. The summed E-state index contributed by atoms with van der Waals surface area (Å²) >= 11 is 0. The first kappa shape index (κ1) is 22.6. The van der Waals surface area contributed by atoms with Crippen molar-refractivity contribution in [3.8, 4) is 0 Å². The number of hydrogen-bond acceptors (Lipinski definition) is 2. The predicted octanol–water partition coefficient (Wildman–Crippen LogP) is 6.82. The molecule has 0 aliphatic carbocycles. The summed E-state index contributed by atoms with van der Waals surface area (Å²) in [6.07, 6.45) is 5.11. The van der Waals surface area contributed by atoms with E-state index >= 15 is 0 Å². The van der Waals surface area contributed by atoms with Crippen molar-refractivity contribution in [2.75, 3.05) is 11.9 Å². The maximum atomic E-state index is 13.2. The molecule has 0 bridgehead atoms. The van der Waals surface area contributed by atoms with Gasteiger partial charge in [0.1, 0.15) is 0 Å². The molecule has 0 heterocycles. The Bertz CT molecular complexity index is 1050. The maximum absolute atomic E-state index is 13.2. The molecule has 0 aromatic heterocycles. The molecule has 3 rings (SSSR count). The fourth-order valence-electron chi connectivity index (χ4n) is 4.26. The van der Waals surface area contributed by atoms with Crippen LogP contribution in [0.25, 0.3) is 10.8 Å². The van der Waals surface area contributed by atoms with E-state index in [2.05, 4.69) is 67.2 Å². The van der Waals surface area contributed by atoms with Gasteiger partial charge in [-0.3, -0.25) is 4.79 Å². The summed E-state index contributed by atoms with van der Waals surface area (Å²) in [6.45, 7) is 10.2. The highest BCUT2D eigenvalue weighted by Gasteiger charge is 2.18. The van der Waals surface area contributed by atoms with E-state index in [1.165, 1.54) is 10.8 Å². The SMILES string of the molecule is C=CCC(CCC)N(C)c1ccc(C)c(C(=O)N[C@H](C)c2cccc3ccccc23)c1. The molecule has 1 unspecified atom stereocenters. The molecule has 162 valence electrons. The second-order valence-electron chi connectivity index (χ2n) is 8.34. The fraction of sp³-hybridized carbons (Fsp3) is 0.321. The van der Waals surface area contributed by atoms with Gasteiger partial charge in [-0.15, -0.1) is 6.58 Å². The number of fused-ring (bicyclic) bond motifs is 1. The first-order valence-electron chi connectivity index (χ1n) is 11.2. The molecular formula is C28H34N2O. The third kappa shape index (κ3) is 5.16. The number of aryl methyl sites for hydroxylation is 1. The van der Waals surface area contributed by atoms with E-state index in [1.54, 1.807) is 0 Å². The van der Waals surface area contributed by atoms with Gasteiger partial charge < -0.3 is 10.2 Å². The number of carbonyl (C=O) groups is 1. The minimum Gasteiger partial charge on any atom is -0.371 e.